The molecule has 48 heavy (non-hydrogen) atoms. The molecule has 0 unspecified atom stereocenters. The standard InChI is InChI=1S/3C12H8N2.ClHO4.Co/c3*1-3-9-5-6-10-4-2-8-14-12(10)11(9)13-7-1;2-1(3,4)5;/h3*1-8H;(H,2,3,4,5);/q3*-2;;+3. The number of allylic oxidation sites excluding steroid dienone is 6. The van der Waals surface area contributed by atoms with Gasteiger partial charge in [0.15, 0.2) is 0 Å². The average Bonchev–Trinajstić information content (AvgIpc) is 3.11. The monoisotopic (exact) mass is 699 g/mol. The second kappa shape index (κ2) is 15.6. The molecule has 12 heteroatoms. The number of benzene rings is 3. The quantitative estimate of drug-likeness (QED) is 0.380. The first-order valence-electron chi connectivity index (χ1n) is 14.2. The van der Waals surface area contributed by atoms with Crippen LogP contribution in [0.1, 0.15) is 0 Å². The van der Waals surface area contributed by atoms with Gasteiger partial charge in [-0.25, -0.2) is 0 Å². The van der Waals surface area contributed by atoms with Crippen LogP contribution in [0.25, 0.3) is 68.4 Å². The summed E-state index contributed by atoms with van der Waals surface area (Å²) in [4.78, 5) is 0. The molecule has 3 aromatic carbocycles. The number of nitrogens with zero attached hydrogens (tertiary/aromatic N) is 6. The second-order valence-corrected chi connectivity index (χ2v) is 10.8. The van der Waals surface area contributed by atoms with Crippen molar-refractivity contribution in [2.45, 2.75) is 0 Å². The third-order valence-corrected chi connectivity index (χ3v) is 7.03. The number of hydrogen-bond donors (Lipinski definition) is 1. The molecule has 10 nitrogen and oxygen atoms in total. The Labute approximate surface area is 288 Å². The summed E-state index contributed by atoms with van der Waals surface area (Å²) in [5, 5.41) is 32.9. The molecule has 9 rings (SSSR count). The number of hydrogen-bond acceptors (Lipinski definition) is 4. The Morgan fingerprint density at radius 1 is 0.354 bits per heavy atom. The van der Waals surface area contributed by atoms with Crippen molar-refractivity contribution in [1.29, 1.82) is 0 Å². The molecular weight excluding hydrogens is 675 g/mol. The zero-order valence-electron chi connectivity index (χ0n) is 24.9. The molecule has 242 valence electrons. The molecular formula is C36H25ClCoN6O4-3. The van der Waals surface area contributed by atoms with E-state index in [1.807, 2.05) is 36.5 Å². The summed E-state index contributed by atoms with van der Waals surface area (Å²) in [6.45, 7) is 0. The van der Waals surface area contributed by atoms with E-state index in [9.17, 15) is 0 Å². The summed E-state index contributed by atoms with van der Waals surface area (Å²) in [6.07, 6.45) is 34.8. The number of rotatable bonds is 0. The topological polar surface area (TPSA) is 174 Å². The molecule has 0 amide bonds. The predicted molar refractivity (Wildman–Crippen MR) is 179 cm³/mol. The molecule has 0 aromatic heterocycles. The molecule has 6 aliphatic rings. The van der Waals surface area contributed by atoms with Crippen molar-refractivity contribution in [3.05, 3.63) is 173 Å². The van der Waals surface area contributed by atoms with E-state index in [2.05, 4.69) is 105 Å². The van der Waals surface area contributed by atoms with Crippen molar-refractivity contribution in [1.82, 2.24) is 0 Å². The third kappa shape index (κ3) is 8.36. The maximum atomic E-state index is 8.60. The molecule has 0 bridgehead atoms. The molecule has 0 spiro atoms. The van der Waals surface area contributed by atoms with Crippen molar-refractivity contribution in [3.8, 4) is 0 Å². The van der Waals surface area contributed by atoms with Gasteiger partial charge in [-0.2, -0.15) is 51.2 Å². The average molecular weight is 700 g/mol. The SMILES string of the molecule is C1=C[N-]c2c3c(ccc2=C1)=CC=C[N-]3.C1=C[N-]c2c3c(ccc2=C1)=CC=C[N-]3.C1=C[N-]c2c3c(ccc2=C1)=CC=C[N-]3.[Co+3].[O-][Cl+3]([O-])([O-])O. The number of fused-ring (bicyclic) bond motifs is 9. The van der Waals surface area contributed by atoms with Gasteiger partial charge in [0, 0.05) is 0 Å². The van der Waals surface area contributed by atoms with Crippen LogP contribution in [-0.2, 0) is 16.8 Å². The first-order valence-corrected chi connectivity index (χ1v) is 15.5. The summed E-state index contributed by atoms with van der Waals surface area (Å²) in [5.41, 5.74) is 5.86. The fourth-order valence-corrected chi connectivity index (χ4v) is 5.04. The third-order valence-electron chi connectivity index (χ3n) is 7.03. The van der Waals surface area contributed by atoms with Crippen molar-refractivity contribution < 1.29 is 45.7 Å². The van der Waals surface area contributed by atoms with Gasteiger partial charge in [-0.15, -0.1) is 34.1 Å². The van der Waals surface area contributed by atoms with Crippen LogP contribution < -0.4 is 45.3 Å². The molecule has 6 heterocycles. The van der Waals surface area contributed by atoms with E-state index in [1.165, 1.54) is 0 Å². The van der Waals surface area contributed by atoms with Gasteiger partial charge in [-0.05, 0) is 31.3 Å². The van der Waals surface area contributed by atoms with Gasteiger partial charge in [0.25, 0.3) is 0 Å². The van der Waals surface area contributed by atoms with E-state index in [1.54, 1.807) is 37.2 Å². The minimum atomic E-state index is -4.69. The molecule has 0 fully saturated rings. The van der Waals surface area contributed by atoms with Crippen LogP contribution in [0.3, 0.4) is 0 Å². The van der Waals surface area contributed by atoms with Crippen molar-refractivity contribution in [2.24, 2.45) is 0 Å². The summed E-state index contributed by atoms with van der Waals surface area (Å²) in [5.74, 6) is 0. The maximum absolute atomic E-state index is 8.60. The van der Waals surface area contributed by atoms with Crippen LogP contribution in [0.4, 0.5) is 34.1 Å². The molecule has 0 radical (unpaired) electrons. The van der Waals surface area contributed by atoms with Gasteiger partial charge in [-0.1, -0.05) is 109 Å². The van der Waals surface area contributed by atoms with E-state index in [0.29, 0.717) is 0 Å². The summed E-state index contributed by atoms with van der Waals surface area (Å²) >= 11 is 0. The molecule has 6 aliphatic heterocycles. The Morgan fingerprint density at radius 2 is 0.500 bits per heavy atom. The normalized spacial score (nSPS) is 14.8. The molecule has 0 saturated carbocycles. The van der Waals surface area contributed by atoms with Crippen LogP contribution in [0.15, 0.2) is 110 Å². The van der Waals surface area contributed by atoms with E-state index in [4.69, 9.17) is 18.6 Å². The Hall–Kier alpha value is -5.24. The van der Waals surface area contributed by atoms with E-state index in [0.717, 1.165) is 65.4 Å². The minimum absolute atomic E-state index is 0. The van der Waals surface area contributed by atoms with Gasteiger partial charge in [0.2, 0.25) is 0 Å². The van der Waals surface area contributed by atoms with Crippen molar-refractivity contribution in [2.75, 3.05) is 0 Å². The fraction of sp³-hybridized carbons (Fsp3) is 0. The fourth-order valence-electron chi connectivity index (χ4n) is 5.04. The van der Waals surface area contributed by atoms with E-state index < -0.39 is 10.2 Å². The first kappa shape index (κ1) is 34.1. The predicted octanol–water partition coefficient (Wildman–Crippen LogP) is 2.81. The number of halogens is 1. The first-order chi connectivity index (χ1) is 22.8. The summed E-state index contributed by atoms with van der Waals surface area (Å²) < 4.78 is 32.7. The van der Waals surface area contributed by atoms with Crippen LogP contribution >= 0.6 is 0 Å². The molecule has 1 N–H and O–H groups in total. The molecule has 0 aliphatic carbocycles. The molecule has 0 atom stereocenters. The Morgan fingerprint density at radius 3 is 0.646 bits per heavy atom. The Bertz CT molecular complexity index is 1870. The van der Waals surface area contributed by atoms with Gasteiger partial charge in [-0.3, -0.25) is 0 Å². The second-order valence-electron chi connectivity index (χ2n) is 10.0. The molecule has 0 saturated heterocycles. The van der Waals surface area contributed by atoms with Crippen molar-refractivity contribution >= 4 is 70.6 Å². The van der Waals surface area contributed by atoms with Crippen LogP contribution in [0.5, 0.6) is 0 Å². The Kier molecular flexibility index (Phi) is 11.1. The van der Waals surface area contributed by atoms with Gasteiger partial charge < -0.3 is 31.9 Å². The summed E-state index contributed by atoms with van der Waals surface area (Å²) in [7, 11) is -4.69. The van der Waals surface area contributed by atoms with Gasteiger partial charge >= 0.3 is 16.8 Å². The van der Waals surface area contributed by atoms with E-state index >= 15 is 0 Å². The zero-order valence-corrected chi connectivity index (χ0v) is 26.7. The van der Waals surface area contributed by atoms with Gasteiger partial charge in [0.05, 0.1) is 14.9 Å². The van der Waals surface area contributed by atoms with Crippen LogP contribution in [0.2, 0.25) is 0 Å². The largest absolute Gasteiger partial charge is 3.00 e. The minimum Gasteiger partial charge on any atom is -0.665 e. The smallest absolute Gasteiger partial charge is 0.665 e. The Balaban J connectivity index is 0.000000130. The van der Waals surface area contributed by atoms with E-state index in [-0.39, 0.29) is 16.8 Å². The van der Waals surface area contributed by atoms with Crippen molar-refractivity contribution in [3.63, 3.8) is 0 Å². The van der Waals surface area contributed by atoms with Crippen LogP contribution in [0, 0.1) is 10.2 Å². The molecule has 3 aromatic rings. The maximum Gasteiger partial charge on any atom is 3.00 e. The van der Waals surface area contributed by atoms with Crippen LogP contribution in [-0.4, -0.2) is 4.66 Å². The van der Waals surface area contributed by atoms with Gasteiger partial charge in [0.1, 0.15) is 0 Å². The zero-order chi connectivity index (χ0) is 32.6. The summed E-state index contributed by atoms with van der Waals surface area (Å²) in [6, 6.07) is 12.5.